The lowest BCUT2D eigenvalue weighted by Gasteiger charge is -2.33. The standard InChI is InChI=1S/C19H29N5O2/c1-6-24-17(7-14(4)21-24)19(25)23-8-15(11-26-10-13(2)3)18-16(9-23)20-12-22(18)5/h7,12-13,15H,6,8-11H2,1-5H3/t15-/m1/s1. The summed E-state index contributed by atoms with van der Waals surface area (Å²) in [5.41, 5.74) is 3.65. The topological polar surface area (TPSA) is 65.2 Å². The number of imidazole rings is 1. The third-order valence-electron chi connectivity index (χ3n) is 4.71. The van der Waals surface area contributed by atoms with E-state index in [0.29, 0.717) is 37.9 Å². The molecule has 7 heteroatoms. The molecule has 0 spiro atoms. The zero-order valence-corrected chi connectivity index (χ0v) is 16.4. The molecule has 0 fully saturated rings. The number of aryl methyl sites for hydroxylation is 3. The molecule has 0 radical (unpaired) electrons. The van der Waals surface area contributed by atoms with Gasteiger partial charge >= 0.3 is 0 Å². The quantitative estimate of drug-likeness (QED) is 0.794. The van der Waals surface area contributed by atoms with E-state index < -0.39 is 0 Å². The first-order chi connectivity index (χ1) is 12.4. The SMILES string of the molecule is CCn1nc(C)cc1C(=O)N1Cc2ncn(C)c2[C@@H](COCC(C)C)C1. The van der Waals surface area contributed by atoms with Crippen LogP contribution in [0.25, 0.3) is 0 Å². The van der Waals surface area contributed by atoms with Crippen LogP contribution in [0.15, 0.2) is 12.4 Å². The summed E-state index contributed by atoms with van der Waals surface area (Å²) >= 11 is 0. The Kier molecular flexibility index (Phi) is 5.46. The molecule has 1 amide bonds. The zero-order valence-electron chi connectivity index (χ0n) is 16.4. The number of carbonyl (C=O) groups excluding carboxylic acids is 1. The molecule has 26 heavy (non-hydrogen) atoms. The van der Waals surface area contributed by atoms with Gasteiger partial charge in [0.05, 0.1) is 30.9 Å². The summed E-state index contributed by atoms with van der Waals surface area (Å²) in [4.78, 5) is 19.5. The lowest BCUT2D eigenvalue weighted by Crippen LogP contribution is -2.41. The Morgan fingerprint density at radius 3 is 2.88 bits per heavy atom. The molecule has 3 heterocycles. The summed E-state index contributed by atoms with van der Waals surface area (Å²) in [6.45, 7) is 11.4. The fraction of sp³-hybridized carbons (Fsp3) is 0.632. The maximum Gasteiger partial charge on any atom is 0.272 e. The van der Waals surface area contributed by atoms with Crippen LogP contribution < -0.4 is 0 Å². The minimum atomic E-state index is 0.0117. The van der Waals surface area contributed by atoms with Crippen molar-refractivity contribution in [3.63, 3.8) is 0 Å². The maximum atomic E-state index is 13.1. The van der Waals surface area contributed by atoms with Crippen LogP contribution in [0.2, 0.25) is 0 Å². The van der Waals surface area contributed by atoms with Gasteiger partial charge in [0.2, 0.25) is 0 Å². The molecule has 2 aromatic heterocycles. The van der Waals surface area contributed by atoms with E-state index in [0.717, 1.165) is 18.0 Å². The second-order valence-corrected chi connectivity index (χ2v) is 7.49. The predicted octanol–water partition coefficient (Wildman–Crippen LogP) is 2.36. The molecule has 0 N–H and O–H groups in total. The number of carbonyl (C=O) groups is 1. The first kappa shape index (κ1) is 18.6. The zero-order chi connectivity index (χ0) is 18.8. The Morgan fingerprint density at radius 1 is 1.42 bits per heavy atom. The summed E-state index contributed by atoms with van der Waals surface area (Å²) in [5.74, 6) is 0.634. The second-order valence-electron chi connectivity index (χ2n) is 7.49. The van der Waals surface area contributed by atoms with Crippen molar-refractivity contribution in [2.45, 2.75) is 46.7 Å². The smallest absolute Gasteiger partial charge is 0.272 e. The van der Waals surface area contributed by atoms with Crippen molar-refractivity contribution in [3.05, 3.63) is 35.2 Å². The number of fused-ring (bicyclic) bond motifs is 1. The summed E-state index contributed by atoms with van der Waals surface area (Å²) < 4.78 is 9.73. The van der Waals surface area contributed by atoms with Crippen LogP contribution in [-0.2, 0) is 24.9 Å². The van der Waals surface area contributed by atoms with Gasteiger partial charge in [-0.15, -0.1) is 0 Å². The first-order valence-electron chi connectivity index (χ1n) is 9.32. The van der Waals surface area contributed by atoms with Gasteiger partial charge in [-0.2, -0.15) is 5.10 Å². The van der Waals surface area contributed by atoms with Gasteiger partial charge < -0.3 is 14.2 Å². The average molecular weight is 359 g/mol. The van der Waals surface area contributed by atoms with Crippen molar-refractivity contribution in [3.8, 4) is 0 Å². The Bertz CT molecular complexity index is 777. The summed E-state index contributed by atoms with van der Waals surface area (Å²) in [7, 11) is 2.01. The summed E-state index contributed by atoms with van der Waals surface area (Å²) in [6, 6.07) is 1.87. The van der Waals surface area contributed by atoms with Crippen LogP contribution in [0.5, 0.6) is 0 Å². The highest BCUT2D eigenvalue weighted by Crippen LogP contribution is 2.29. The molecular weight excluding hydrogens is 330 g/mol. The molecule has 1 atom stereocenters. The molecule has 2 aromatic rings. The molecule has 0 aliphatic carbocycles. The van der Waals surface area contributed by atoms with E-state index in [-0.39, 0.29) is 11.8 Å². The molecule has 0 saturated carbocycles. The van der Waals surface area contributed by atoms with Crippen molar-refractivity contribution >= 4 is 5.91 Å². The monoisotopic (exact) mass is 359 g/mol. The average Bonchev–Trinajstić information content (AvgIpc) is 3.16. The number of nitrogens with zero attached hydrogens (tertiary/aromatic N) is 5. The molecule has 0 unspecified atom stereocenters. The molecule has 142 valence electrons. The molecule has 1 aliphatic heterocycles. The largest absolute Gasteiger partial charge is 0.380 e. The summed E-state index contributed by atoms with van der Waals surface area (Å²) in [5, 5.41) is 4.41. The van der Waals surface area contributed by atoms with Crippen LogP contribution in [-0.4, -0.2) is 49.9 Å². The third-order valence-corrected chi connectivity index (χ3v) is 4.71. The molecule has 7 nitrogen and oxygen atoms in total. The van der Waals surface area contributed by atoms with Crippen molar-refractivity contribution < 1.29 is 9.53 Å². The minimum Gasteiger partial charge on any atom is -0.380 e. The van der Waals surface area contributed by atoms with Gasteiger partial charge in [0.1, 0.15) is 5.69 Å². The van der Waals surface area contributed by atoms with E-state index in [1.807, 2.05) is 38.2 Å². The van der Waals surface area contributed by atoms with Crippen molar-refractivity contribution in [1.82, 2.24) is 24.2 Å². The number of hydrogen-bond acceptors (Lipinski definition) is 4. The van der Waals surface area contributed by atoms with E-state index in [1.54, 1.807) is 4.68 Å². The highest BCUT2D eigenvalue weighted by Gasteiger charge is 2.33. The highest BCUT2D eigenvalue weighted by molar-refractivity contribution is 5.92. The molecule has 0 bridgehead atoms. The normalized spacial score (nSPS) is 17.0. The third kappa shape index (κ3) is 3.67. The molecule has 0 saturated heterocycles. The molecular formula is C19H29N5O2. The molecule has 0 aromatic carbocycles. The highest BCUT2D eigenvalue weighted by atomic mass is 16.5. The first-order valence-corrected chi connectivity index (χ1v) is 9.32. The van der Waals surface area contributed by atoms with Crippen molar-refractivity contribution in [2.75, 3.05) is 19.8 Å². The van der Waals surface area contributed by atoms with Gasteiger partial charge in [0.15, 0.2) is 0 Å². The lowest BCUT2D eigenvalue weighted by atomic mass is 9.98. The summed E-state index contributed by atoms with van der Waals surface area (Å²) in [6.07, 6.45) is 1.83. The van der Waals surface area contributed by atoms with Gasteiger partial charge in [-0.1, -0.05) is 13.8 Å². The van der Waals surface area contributed by atoms with E-state index in [4.69, 9.17) is 4.74 Å². The molecule has 1 aliphatic rings. The van der Waals surface area contributed by atoms with Crippen LogP contribution in [0.1, 0.15) is 54.3 Å². The number of ether oxygens (including phenoxy) is 1. The van der Waals surface area contributed by atoms with Crippen molar-refractivity contribution in [1.29, 1.82) is 0 Å². The predicted molar refractivity (Wildman–Crippen MR) is 99.0 cm³/mol. The molecule has 3 rings (SSSR count). The van der Waals surface area contributed by atoms with E-state index >= 15 is 0 Å². The van der Waals surface area contributed by atoms with Gasteiger partial charge in [-0.25, -0.2) is 4.98 Å². The minimum absolute atomic E-state index is 0.0117. The van der Waals surface area contributed by atoms with Gasteiger partial charge in [-0.3, -0.25) is 9.48 Å². The Balaban J connectivity index is 1.82. The van der Waals surface area contributed by atoms with Crippen LogP contribution in [0, 0.1) is 12.8 Å². The number of amides is 1. The van der Waals surface area contributed by atoms with Crippen molar-refractivity contribution in [2.24, 2.45) is 13.0 Å². The van der Waals surface area contributed by atoms with Crippen LogP contribution in [0.4, 0.5) is 0 Å². The van der Waals surface area contributed by atoms with Gasteiger partial charge in [0.25, 0.3) is 5.91 Å². The Morgan fingerprint density at radius 2 is 2.19 bits per heavy atom. The van der Waals surface area contributed by atoms with E-state index in [2.05, 4.69) is 28.5 Å². The van der Waals surface area contributed by atoms with Gasteiger partial charge in [-0.05, 0) is 25.8 Å². The van der Waals surface area contributed by atoms with Crippen LogP contribution >= 0.6 is 0 Å². The number of aromatic nitrogens is 4. The maximum absolute atomic E-state index is 13.1. The van der Waals surface area contributed by atoms with E-state index in [1.165, 1.54) is 5.69 Å². The fourth-order valence-corrected chi connectivity index (χ4v) is 3.58. The Labute approximate surface area is 155 Å². The van der Waals surface area contributed by atoms with E-state index in [9.17, 15) is 4.79 Å². The number of hydrogen-bond donors (Lipinski definition) is 0. The lowest BCUT2D eigenvalue weighted by molar-refractivity contribution is 0.0583. The number of rotatable bonds is 6. The van der Waals surface area contributed by atoms with Crippen LogP contribution in [0.3, 0.4) is 0 Å². The fourth-order valence-electron chi connectivity index (χ4n) is 3.58. The Hall–Kier alpha value is -2.15. The second kappa shape index (κ2) is 7.61. The van der Waals surface area contributed by atoms with Gasteiger partial charge in [0, 0.05) is 38.4 Å².